The highest BCUT2D eigenvalue weighted by atomic mass is 32.2. The van der Waals surface area contributed by atoms with Crippen LogP contribution in [0.15, 0.2) is 29.4 Å². The zero-order chi connectivity index (χ0) is 13.2. The van der Waals surface area contributed by atoms with Gasteiger partial charge in [0.2, 0.25) is 5.16 Å². The number of alkyl halides is 3. The van der Waals surface area contributed by atoms with Crippen LogP contribution in [0.2, 0.25) is 0 Å². The number of nitrogens with zero attached hydrogens (tertiary/aromatic N) is 2. The van der Waals surface area contributed by atoms with E-state index in [2.05, 4.69) is 15.2 Å². The van der Waals surface area contributed by atoms with E-state index in [0.29, 0.717) is 16.5 Å². The molecule has 0 amide bonds. The summed E-state index contributed by atoms with van der Waals surface area (Å²) >= 11 is 1.46. The minimum Gasteiger partial charge on any atom is -0.258 e. The van der Waals surface area contributed by atoms with Crippen LogP contribution < -0.4 is 0 Å². The van der Waals surface area contributed by atoms with Crippen molar-refractivity contribution in [2.24, 2.45) is 0 Å². The van der Waals surface area contributed by atoms with Gasteiger partial charge in [0.25, 0.3) is 0 Å². The molecule has 0 fully saturated rings. The first-order valence-electron chi connectivity index (χ1n) is 5.23. The number of hydrogen-bond donors (Lipinski definition) is 1. The molecule has 2 rings (SSSR count). The minimum absolute atomic E-state index is 0.472. The summed E-state index contributed by atoms with van der Waals surface area (Å²) in [5.74, 6) is 1.31. The second kappa shape index (κ2) is 5.01. The number of H-pyrrole nitrogens is 1. The summed E-state index contributed by atoms with van der Waals surface area (Å²) in [6.45, 7) is 1.97. The van der Waals surface area contributed by atoms with Crippen molar-refractivity contribution in [2.45, 2.75) is 18.3 Å². The van der Waals surface area contributed by atoms with Gasteiger partial charge in [-0.2, -0.15) is 13.2 Å². The average molecular weight is 273 g/mol. The van der Waals surface area contributed by atoms with Crippen LogP contribution in [0.4, 0.5) is 13.2 Å². The Balaban J connectivity index is 2.23. The van der Waals surface area contributed by atoms with E-state index in [4.69, 9.17) is 0 Å². The zero-order valence-corrected chi connectivity index (χ0v) is 10.3. The number of thioether (sulfide) groups is 1. The van der Waals surface area contributed by atoms with E-state index in [0.717, 1.165) is 17.9 Å². The highest BCUT2D eigenvalue weighted by Crippen LogP contribution is 2.30. The van der Waals surface area contributed by atoms with Crippen molar-refractivity contribution in [3.05, 3.63) is 29.8 Å². The summed E-state index contributed by atoms with van der Waals surface area (Å²) in [6.07, 6.45) is -4.32. The van der Waals surface area contributed by atoms with Gasteiger partial charge in [0, 0.05) is 5.56 Å². The molecule has 0 aliphatic heterocycles. The van der Waals surface area contributed by atoms with Crippen LogP contribution >= 0.6 is 11.8 Å². The number of nitrogens with one attached hydrogen (secondary N) is 1. The summed E-state index contributed by atoms with van der Waals surface area (Å²) in [5, 5.41) is 7.25. The molecule has 1 aromatic carbocycles. The predicted molar refractivity (Wildman–Crippen MR) is 63.2 cm³/mol. The Labute approximate surface area is 106 Å². The molecule has 0 unspecified atom stereocenters. The molecule has 0 saturated carbocycles. The number of aromatic amines is 1. The van der Waals surface area contributed by atoms with E-state index >= 15 is 0 Å². The molecule has 18 heavy (non-hydrogen) atoms. The van der Waals surface area contributed by atoms with Gasteiger partial charge in [-0.25, -0.2) is 4.98 Å². The lowest BCUT2D eigenvalue weighted by atomic mass is 10.1. The van der Waals surface area contributed by atoms with Gasteiger partial charge < -0.3 is 0 Å². The van der Waals surface area contributed by atoms with Crippen LogP contribution in [-0.2, 0) is 6.18 Å². The van der Waals surface area contributed by atoms with Crippen molar-refractivity contribution >= 4 is 11.8 Å². The Morgan fingerprint density at radius 2 is 1.89 bits per heavy atom. The van der Waals surface area contributed by atoms with Gasteiger partial charge in [-0.15, -0.1) is 5.10 Å². The van der Waals surface area contributed by atoms with Crippen LogP contribution in [0.1, 0.15) is 12.5 Å². The smallest absolute Gasteiger partial charge is 0.258 e. The maximum absolute atomic E-state index is 12.4. The van der Waals surface area contributed by atoms with Crippen LogP contribution in [0.25, 0.3) is 11.4 Å². The lowest BCUT2D eigenvalue weighted by Crippen LogP contribution is -2.04. The van der Waals surface area contributed by atoms with Crippen molar-refractivity contribution in [3.63, 3.8) is 0 Å². The van der Waals surface area contributed by atoms with E-state index in [-0.39, 0.29) is 0 Å². The van der Waals surface area contributed by atoms with Crippen LogP contribution in [0.5, 0.6) is 0 Å². The second-order valence-electron chi connectivity index (χ2n) is 3.47. The molecule has 1 aromatic heterocycles. The SMILES string of the molecule is CCSc1n[nH]c(-c2ccc(C(F)(F)F)cc2)n1. The lowest BCUT2D eigenvalue weighted by molar-refractivity contribution is -0.137. The molecule has 0 radical (unpaired) electrons. The average Bonchev–Trinajstić information content (AvgIpc) is 2.77. The van der Waals surface area contributed by atoms with Crippen molar-refractivity contribution in [2.75, 3.05) is 5.75 Å². The molecule has 0 spiro atoms. The molecule has 3 nitrogen and oxygen atoms in total. The summed E-state index contributed by atoms with van der Waals surface area (Å²) in [5.41, 5.74) is -0.0904. The molecule has 7 heteroatoms. The molecule has 0 atom stereocenters. The molecular formula is C11H10F3N3S. The first-order chi connectivity index (χ1) is 8.50. The quantitative estimate of drug-likeness (QED) is 0.869. The number of hydrogen-bond acceptors (Lipinski definition) is 3. The molecule has 2 aromatic rings. The molecule has 1 N–H and O–H groups in total. The first-order valence-corrected chi connectivity index (χ1v) is 6.22. The predicted octanol–water partition coefficient (Wildman–Crippen LogP) is 3.60. The van der Waals surface area contributed by atoms with E-state index in [9.17, 15) is 13.2 Å². The van der Waals surface area contributed by atoms with Crippen LogP contribution in [-0.4, -0.2) is 20.9 Å². The molecule has 0 aliphatic rings. The van der Waals surface area contributed by atoms with E-state index < -0.39 is 11.7 Å². The third-order valence-electron chi connectivity index (χ3n) is 2.22. The van der Waals surface area contributed by atoms with Crippen molar-refractivity contribution < 1.29 is 13.2 Å². The summed E-state index contributed by atoms with van der Waals surface area (Å²) in [6, 6.07) is 4.82. The fraction of sp³-hybridized carbons (Fsp3) is 0.273. The highest BCUT2D eigenvalue weighted by Gasteiger charge is 2.30. The topological polar surface area (TPSA) is 41.6 Å². The fourth-order valence-corrected chi connectivity index (χ4v) is 1.91. The third-order valence-corrected chi connectivity index (χ3v) is 2.95. The molecule has 1 heterocycles. The van der Waals surface area contributed by atoms with E-state index in [1.807, 2.05) is 6.92 Å². The maximum atomic E-state index is 12.4. The monoisotopic (exact) mass is 273 g/mol. The Morgan fingerprint density at radius 3 is 2.44 bits per heavy atom. The second-order valence-corrected chi connectivity index (χ2v) is 4.71. The van der Waals surface area contributed by atoms with Gasteiger partial charge in [0.1, 0.15) is 0 Å². The molecule has 0 aliphatic carbocycles. The first kappa shape index (κ1) is 12.9. The van der Waals surface area contributed by atoms with Gasteiger partial charge in [-0.1, -0.05) is 30.8 Å². The Hall–Kier alpha value is -1.50. The Kier molecular flexibility index (Phi) is 3.60. The number of halogens is 3. The third kappa shape index (κ3) is 2.84. The summed E-state index contributed by atoms with van der Waals surface area (Å²) in [4.78, 5) is 4.18. The molecular weight excluding hydrogens is 263 g/mol. The molecule has 0 saturated heterocycles. The van der Waals surface area contributed by atoms with Gasteiger partial charge in [0.15, 0.2) is 5.82 Å². The van der Waals surface area contributed by atoms with Crippen LogP contribution in [0.3, 0.4) is 0 Å². The minimum atomic E-state index is -4.32. The van der Waals surface area contributed by atoms with Crippen molar-refractivity contribution in [1.82, 2.24) is 15.2 Å². The van der Waals surface area contributed by atoms with Gasteiger partial charge in [-0.3, -0.25) is 5.10 Å². The number of rotatable bonds is 3. The maximum Gasteiger partial charge on any atom is 0.416 e. The van der Waals surface area contributed by atoms with E-state index in [1.165, 1.54) is 23.9 Å². The zero-order valence-electron chi connectivity index (χ0n) is 9.45. The van der Waals surface area contributed by atoms with Crippen LogP contribution in [0, 0.1) is 0 Å². The van der Waals surface area contributed by atoms with Crippen molar-refractivity contribution in [1.29, 1.82) is 0 Å². The summed E-state index contributed by atoms with van der Waals surface area (Å²) < 4.78 is 37.2. The highest BCUT2D eigenvalue weighted by molar-refractivity contribution is 7.99. The normalized spacial score (nSPS) is 11.8. The number of aromatic nitrogens is 3. The van der Waals surface area contributed by atoms with Gasteiger partial charge in [-0.05, 0) is 17.9 Å². The van der Waals surface area contributed by atoms with E-state index in [1.54, 1.807) is 0 Å². The Morgan fingerprint density at radius 1 is 1.22 bits per heavy atom. The number of benzene rings is 1. The fourth-order valence-electron chi connectivity index (χ4n) is 1.39. The largest absolute Gasteiger partial charge is 0.416 e. The lowest BCUT2D eigenvalue weighted by Gasteiger charge is -2.06. The van der Waals surface area contributed by atoms with Gasteiger partial charge >= 0.3 is 6.18 Å². The molecule has 96 valence electrons. The molecule has 0 bridgehead atoms. The van der Waals surface area contributed by atoms with Gasteiger partial charge in [0.05, 0.1) is 5.56 Å². The Bertz CT molecular complexity index is 519. The standard InChI is InChI=1S/C11H10F3N3S/c1-2-18-10-15-9(16-17-10)7-3-5-8(6-4-7)11(12,13)14/h3-6H,2H2,1H3,(H,15,16,17). The summed E-state index contributed by atoms with van der Waals surface area (Å²) in [7, 11) is 0. The van der Waals surface area contributed by atoms with Crippen molar-refractivity contribution in [3.8, 4) is 11.4 Å².